The van der Waals surface area contributed by atoms with E-state index in [9.17, 15) is 18.0 Å². The van der Waals surface area contributed by atoms with Crippen molar-refractivity contribution in [1.29, 1.82) is 10.5 Å². The van der Waals surface area contributed by atoms with Crippen LogP contribution in [0.3, 0.4) is 0 Å². The maximum atomic E-state index is 12.9. The first-order valence-corrected chi connectivity index (χ1v) is 12.2. The molecule has 1 saturated heterocycles. The molecule has 2 rings (SSSR count). The van der Waals surface area contributed by atoms with E-state index in [4.69, 9.17) is 20.0 Å². The Morgan fingerprint density at radius 3 is 2.18 bits per heavy atom. The second kappa shape index (κ2) is 12.8. The van der Waals surface area contributed by atoms with Gasteiger partial charge in [0, 0.05) is 26.2 Å². The number of nitriles is 2. The van der Waals surface area contributed by atoms with Gasteiger partial charge in [0.2, 0.25) is 10.0 Å². The van der Waals surface area contributed by atoms with Crippen molar-refractivity contribution in [2.45, 2.75) is 37.5 Å². The summed E-state index contributed by atoms with van der Waals surface area (Å²) in [5, 5.41) is 17.4. The maximum absolute atomic E-state index is 12.9. The van der Waals surface area contributed by atoms with Crippen molar-refractivity contribution in [2.24, 2.45) is 5.92 Å². The van der Waals surface area contributed by atoms with Gasteiger partial charge in [-0.25, -0.2) is 8.42 Å². The van der Waals surface area contributed by atoms with Crippen LogP contribution in [0.1, 0.15) is 32.6 Å². The number of benzene rings is 1. The molecule has 1 amide bonds. The SMILES string of the molecule is CCOc1ccc(S(=O)(=O)N2CCC(C(=O)OCC(=O)N(CCC#N)CCC#N)CC2)cc1. The third-order valence-electron chi connectivity index (χ3n) is 5.24. The summed E-state index contributed by atoms with van der Waals surface area (Å²) in [6, 6.07) is 10.1. The Kier molecular flexibility index (Phi) is 10.1. The summed E-state index contributed by atoms with van der Waals surface area (Å²) in [5.74, 6) is -0.936. The molecule has 0 aromatic heterocycles. The van der Waals surface area contributed by atoms with Gasteiger partial charge in [-0.1, -0.05) is 0 Å². The first-order valence-electron chi connectivity index (χ1n) is 10.7. The molecule has 0 spiro atoms. The van der Waals surface area contributed by atoms with Crippen molar-refractivity contribution in [3.8, 4) is 17.9 Å². The topological polar surface area (TPSA) is 141 Å². The number of carbonyl (C=O) groups is 2. The van der Waals surface area contributed by atoms with Crippen molar-refractivity contribution in [3.05, 3.63) is 24.3 Å². The second-order valence-corrected chi connectivity index (χ2v) is 9.33. The van der Waals surface area contributed by atoms with Gasteiger partial charge in [-0.2, -0.15) is 14.8 Å². The van der Waals surface area contributed by atoms with Crippen LogP contribution in [0.2, 0.25) is 0 Å². The molecule has 0 atom stereocenters. The van der Waals surface area contributed by atoms with Crippen molar-refractivity contribution >= 4 is 21.9 Å². The Morgan fingerprint density at radius 1 is 1.09 bits per heavy atom. The third kappa shape index (κ3) is 7.45. The molecule has 0 N–H and O–H groups in total. The standard InChI is InChI=1S/C22H28N4O6S/c1-2-31-19-5-7-20(8-6-19)33(29,30)26-15-9-18(10-16-26)22(28)32-17-21(27)25(13-3-11-23)14-4-12-24/h5-8,18H,2-4,9-10,13-17H2,1H3. The van der Waals surface area contributed by atoms with Gasteiger partial charge in [-0.15, -0.1) is 0 Å². The number of hydrogen-bond acceptors (Lipinski definition) is 8. The molecule has 0 unspecified atom stereocenters. The van der Waals surface area contributed by atoms with Gasteiger partial charge in [-0.3, -0.25) is 9.59 Å². The fourth-order valence-corrected chi connectivity index (χ4v) is 4.90. The number of sulfonamides is 1. The molecular weight excluding hydrogens is 448 g/mol. The van der Waals surface area contributed by atoms with Crippen LogP contribution >= 0.6 is 0 Å². The van der Waals surface area contributed by atoms with E-state index in [1.165, 1.54) is 21.3 Å². The Morgan fingerprint density at radius 2 is 1.67 bits per heavy atom. The minimum atomic E-state index is -3.69. The molecule has 1 heterocycles. The van der Waals surface area contributed by atoms with Crippen LogP contribution in [-0.4, -0.2) is 68.9 Å². The monoisotopic (exact) mass is 476 g/mol. The van der Waals surface area contributed by atoms with Crippen LogP contribution in [0.15, 0.2) is 29.2 Å². The summed E-state index contributed by atoms with van der Waals surface area (Å²) in [6.45, 7) is 2.51. The van der Waals surface area contributed by atoms with Crippen molar-refractivity contribution in [3.63, 3.8) is 0 Å². The fourth-order valence-electron chi connectivity index (χ4n) is 3.43. The Hall–Kier alpha value is -3.15. The van der Waals surface area contributed by atoms with Crippen molar-refractivity contribution in [2.75, 3.05) is 39.4 Å². The minimum absolute atomic E-state index is 0.117. The first kappa shape index (κ1) is 26.1. The largest absolute Gasteiger partial charge is 0.494 e. The summed E-state index contributed by atoms with van der Waals surface area (Å²) in [7, 11) is -3.69. The summed E-state index contributed by atoms with van der Waals surface area (Å²) < 4.78 is 37.6. The molecule has 1 fully saturated rings. The molecule has 10 nitrogen and oxygen atoms in total. The number of esters is 1. The van der Waals surface area contributed by atoms with E-state index in [0.717, 1.165) is 0 Å². The van der Waals surface area contributed by atoms with Crippen LogP contribution in [0.4, 0.5) is 0 Å². The number of amides is 1. The Labute approximate surface area is 194 Å². The molecule has 1 aliphatic heterocycles. The highest BCUT2D eigenvalue weighted by atomic mass is 32.2. The number of rotatable bonds is 11. The number of carbonyl (C=O) groups excluding carboxylic acids is 2. The van der Waals surface area contributed by atoms with Gasteiger partial charge in [-0.05, 0) is 44.0 Å². The minimum Gasteiger partial charge on any atom is -0.494 e. The van der Waals surface area contributed by atoms with Crippen LogP contribution in [0, 0.1) is 28.6 Å². The summed E-state index contributed by atoms with van der Waals surface area (Å²) >= 11 is 0. The summed E-state index contributed by atoms with van der Waals surface area (Å²) in [4.78, 5) is 26.2. The molecule has 33 heavy (non-hydrogen) atoms. The lowest BCUT2D eigenvalue weighted by Crippen LogP contribution is -2.41. The molecule has 0 saturated carbocycles. The molecule has 1 aromatic carbocycles. The van der Waals surface area contributed by atoms with Crippen LogP contribution in [0.5, 0.6) is 5.75 Å². The third-order valence-corrected chi connectivity index (χ3v) is 7.15. The van der Waals surface area contributed by atoms with E-state index < -0.39 is 34.4 Å². The van der Waals surface area contributed by atoms with Gasteiger partial charge in [0.1, 0.15) is 5.75 Å². The Balaban J connectivity index is 1.87. The number of nitrogens with zero attached hydrogens (tertiary/aromatic N) is 4. The van der Waals surface area contributed by atoms with E-state index in [-0.39, 0.29) is 56.8 Å². The van der Waals surface area contributed by atoms with Gasteiger partial charge in [0.05, 0.1) is 42.4 Å². The number of piperidine rings is 1. The zero-order chi connectivity index (χ0) is 24.3. The average Bonchev–Trinajstić information content (AvgIpc) is 2.83. The van der Waals surface area contributed by atoms with Crippen molar-refractivity contribution < 1.29 is 27.5 Å². The molecule has 1 aliphatic rings. The lowest BCUT2D eigenvalue weighted by atomic mass is 9.98. The molecular formula is C22H28N4O6S. The predicted molar refractivity (Wildman–Crippen MR) is 117 cm³/mol. The number of ether oxygens (including phenoxy) is 2. The van der Waals surface area contributed by atoms with Gasteiger partial charge in [0.25, 0.3) is 5.91 Å². The maximum Gasteiger partial charge on any atom is 0.309 e. The van der Waals surface area contributed by atoms with Crippen LogP contribution < -0.4 is 4.74 Å². The van der Waals surface area contributed by atoms with E-state index >= 15 is 0 Å². The highest BCUT2D eigenvalue weighted by Gasteiger charge is 2.33. The smallest absolute Gasteiger partial charge is 0.309 e. The average molecular weight is 477 g/mol. The molecule has 0 radical (unpaired) electrons. The summed E-state index contributed by atoms with van der Waals surface area (Å²) in [5.41, 5.74) is 0. The summed E-state index contributed by atoms with van der Waals surface area (Å²) in [6.07, 6.45) is 0.810. The van der Waals surface area contributed by atoms with Gasteiger partial charge in [0.15, 0.2) is 6.61 Å². The van der Waals surface area contributed by atoms with Crippen LogP contribution in [0.25, 0.3) is 0 Å². The van der Waals surface area contributed by atoms with Crippen LogP contribution in [-0.2, 0) is 24.3 Å². The molecule has 178 valence electrons. The predicted octanol–water partition coefficient (Wildman–Crippen LogP) is 1.69. The van der Waals surface area contributed by atoms with E-state index in [0.29, 0.717) is 12.4 Å². The molecule has 0 bridgehead atoms. The fraction of sp³-hybridized carbons (Fsp3) is 0.545. The Bertz CT molecular complexity index is 971. The second-order valence-electron chi connectivity index (χ2n) is 7.39. The highest BCUT2D eigenvalue weighted by molar-refractivity contribution is 7.89. The zero-order valence-electron chi connectivity index (χ0n) is 18.6. The zero-order valence-corrected chi connectivity index (χ0v) is 19.4. The molecule has 1 aromatic rings. The molecule has 0 aliphatic carbocycles. The lowest BCUT2D eigenvalue weighted by Gasteiger charge is -2.30. The highest BCUT2D eigenvalue weighted by Crippen LogP contribution is 2.26. The first-order chi connectivity index (χ1) is 15.8. The number of hydrogen-bond donors (Lipinski definition) is 0. The lowest BCUT2D eigenvalue weighted by molar-refractivity contribution is -0.156. The van der Waals surface area contributed by atoms with E-state index in [2.05, 4.69) is 0 Å². The van der Waals surface area contributed by atoms with Gasteiger partial charge < -0.3 is 14.4 Å². The van der Waals surface area contributed by atoms with Gasteiger partial charge >= 0.3 is 5.97 Å². The molecule has 11 heteroatoms. The quantitative estimate of drug-likeness (QED) is 0.439. The van der Waals surface area contributed by atoms with Crippen molar-refractivity contribution in [1.82, 2.24) is 9.21 Å². The normalized spacial score (nSPS) is 14.6. The van der Waals surface area contributed by atoms with E-state index in [1.807, 2.05) is 19.1 Å². The van der Waals surface area contributed by atoms with E-state index in [1.54, 1.807) is 12.1 Å².